The first-order chi connectivity index (χ1) is 11.3. The number of nitrogens with one attached hydrogen (secondary N) is 1. The molecule has 1 aromatic heterocycles. The van der Waals surface area contributed by atoms with Gasteiger partial charge in [0, 0.05) is 32.7 Å². The molecule has 2 atom stereocenters. The normalized spacial score (nSPS) is 26.0. The van der Waals surface area contributed by atoms with E-state index in [1.807, 2.05) is 0 Å². The Kier molecular flexibility index (Phi) is 6.38. The van der Waals surface area contributed by atoms with E-state index in [0.29, 0.717) is 12.7 Å². The van der Waals surface area contributed by atoms with Gasteiger partial charge in [-0.15, -0.1) is 0 Å². The fourth-order valence-electron chi connectivity index (χ4n) is 3.05. The summed E-state index contributed by atoms with van der Waals surface area (Å²) < 4.78 is 17.1. The van der Waals surface area contributed by atoms with Crippen molar-refractivity contribution in [2.24, 2.45) is 0 Å². The van der Waals surface area contributed by atoms with Crippen LogP contribution in [-0.4, -0.2) is 72.2 Å². The van der Waals surface area contributed by atoms with Gasteiger partial charge in [-0.1, -0.05) is 6.92 Å². The quantitative estimate of drug-likeness (QED) is 0.727. The van der Waals surface area contributed by atoms with E-state index >= 15 is 0 Å². The number of hydrogen-bond acceptors (Lipinski definition) is 6. The van der Waals surface area contributed by atoms with E-state index < -0.39 is 0 Å². The lowest BCUT2D eigenvalue weighted by Gasteiger charge is -2.31. The maximum atomic E-state index is 5.83. The smallest absolute Gasteiger partial charge is 0.180 e. The zero-order valence-electron chi connectivity index (χ0n) is 14.0. The van der Waals surface area contributed by atoms with E-state index in [4.69, 9.17) is 14.2 Å². The highest BCUT2D eigenvalue weighted by Gasteiger charge is 2.25. The molecule has 7 heteroatoms. The van der Waals surface area contributed by atoms with Crippen LogP contribution >= 0.6 is 0 Å². The molecule has 0 radical (unpaired) electrons. The molecule has 0 amide bonds. The van der Waals surface area contributed by atoms with Gasteiger partial charge < -0.3 is 14.2 Å². The molecular weight excluding hydrogens is 296 g/mol. The first-order valence-electron chi connectivity index (χ1n) is 8.79. The zero-order chi connectivity index (χ0) is 15.9. The second-order valence-corrected chi connectivity index (χ2v) is 6.26. The van der Waals surface area contributed by atoms with E-state index in [1.54, 1.807) is 0 Å². The molecule has 2 unspecified atom stereocenters. The van der Waals surface area contributed by atoms with E-state index in [2.05, 4.69) is 27.0 Å². The standard InChI is InChI=1S/C16H28N4O3/c1-2-4-15-17-16(19-18-15)14-11-20(7-10-23-14)6-9-21-12-13-5-3-8-22-13/h13-14H,2-12H2,1H3,(H,17,18,19). The summed E-state index contributed by atoms with van der Waals surface area (Å²) in [6.45, 7) is 7.87. The third-order valence-corrected chi connectivity index (χ3v) is 4.35. The molecule has 0 saturated carbocycles. The number of hydrogen-bond donors (Lipinski definition) is 1. The van der Waals surface area contributed by atoms with Crippen LogP contribution in [0.1, 0.15) is 43.9 Å². The van der Waals surface area contributed by atoms with Gasteiger partial charge in [0.05, 0.1) is 25.9 Å². The Morgan fingerprint density at radius 2 is 2.30 bits per heavy atom. The fraction of sp³-hybridized carbons (Fsp3) is 0.875. The van der Waals surface area contributed by atoms with Crippen LogP contribution in [0.2, 0.25) is 0 Å². The highest BCUT2D eigenvalue weighted by Crippen LogP contribution is 2.19. The third kappa shape index (κ3) is 4.97. The average molecular weight is 324 g/mol. The Morgan fingerprint density at radius 3 is 3.13 bits per heavy atom. The van der Waals surface area contributed by atoms with Crippen molar-refractivity contribution in [3.05, 3.63) is 11.6 Å². The van der Waals surface area contributed by atoms with E-state index in [9.17, 15) is 0 Å². The lowest BCUT2D eigenvalue weighted by atomic mass is 10.2. The largest absolute Gasteiger partial charge is 0.377 e. The SMILES string of the molecule is CCCc1nc(C2CN(CCOCC3CCCO3)CCO2)n[nH]1. The van der Waals surface area contributed by atoms with Gasteiger partial charge in [0.25, 0.3) is 0 Å². The number of ether oxygens (including phenoxy) is 3. The Morgan fingerprint density at radius 1 is 1.35 bits per heavy atom. The summed E-state index contributed by atoms with van der Waals surface area (Å²) in [5.74, 6) is 1.72. The van der Waals surface area contributed by atoms with Gasteiger partial charge in [0.15, 0.2) is 5.82 Å². The first kappa shape index (κ1) is 16.8. The molecule has 3 heterocycles. The van der Waals surface area contributed by atoms with Crippen molar-refractivity contribution in [3.63, 3.8) is 0 Å². The summed E-state index contributed by atoms with van der Waals surface area (Å²) in [7, 11) is 0. The number of rotatable bonds is 8. The third-order valence-electron chi connectivity index (χ3n) is 4.35. The molecule has 2 aliphatic heterocycles. The van der Waals surface area contributed by atoms with Crippen LogP contribution in [-0.2, 0) is 20.6 Å². The average Bonchev–Trinajstić information content (AvgIpc) is 3.24. The summed E-state index contributed by atoms with van der Waals surface area (Å²) in [6.07, 6.45) is 4.55. The predicted octanol–water partition coefficient (Wildman–Crippen LogP) is 1.33. The lowest BCUT2D eigenvalue weighted by Crippen LogP contribution is -2.40. The Hall–Kier alpha value is -1.02. The molecule has 7 nitrogen and oxygen atoms in total. The molecule has 1 N–H and O–H groups in total. The van der Waals surface area contributed by atoms with Gasteiger partial charge in [-0.25, -0.2) is 4.98 Å². The minimum atomic E-state index is -0.0382. The summed E-state index contributed by atoms with van der Waals surface area (Å²) >= 11 is 0. The summed E-state index contributed by atoms with van der Waals surface area (Å²) in [6, 6.07) is 0. The van der Waals surface area contributed by atoms with Crippen molar-refractivity contribution < 1.29 is 14.2 Å². The van der Waals surface area contributed by atoms with Crippen LogP contribution in [0, 0.1) is 0 Å². The Bertz CT molecular complexity index is 462. The van der Waals surface area contributed by atoms with Crippen LogP contribution in [0.3, 0.4) is 0 Å². The van der Waals surface area contributed by atoms with Gasteiger partial charge in [-0.05, 0) is 19.3 Å². The molecule has 23 heavy (non-hydrogen) atoms. The maximum absolute atomic E-state index is 5.83. The Balaban J connectivity index is 1.38. The molecule has 0 aromatic carbocycles. The minimum absolute atomic E-state index is 0.0382. The van der Waals surface area contributed by atoms with Gasteiger partial charge in [-0.3, -0.25) is 10.00 Å². The fourth-order valence-corrected chi connectivity index (χ4v) is 3.05. The molecule has 1 aromatic rings. The van der Waals surface area contributed by atoms with Crippen molar-refractivity contribution >= 4 is 0 Å². The van der Waals surface area contributed by atoms with Crippen molar-refractivity contribution in [1.82, 2.24) is 20.1 Å². The molecular formula is C16H28N4O3. The van der Waals surface area contributed by atoms with E-state index in [-0.39, 0.29) is 6.10 Å². The first-order valence-corrected chi connectivity index (χ1v) is 8.79. The van der Waals surface area contributed by atoms with Gasteiger partial charge in [0.2, 0.25) is 0 Å². The highest BCUT2D eigenvalue weighted by atomic mass is 16.5. The topological polar surface area (TPSA) is 72.5 Å². The highest BCUT2D eigenvalue weighted by molar-refractivity contribution is 4.96. The van der Waals surface area contributed by atoms with Gasteiger partial charge in [-0.2, -0.15) is 5.10 Å². The second kappa shape index (κ2) is 8.73. The van der Waals surface area contributed by atoms with Crippen molar-refractivity contribution in [1.29, 1.82) is 0 Å². The van der Waals surface area contributed by atoms with Crippen LogP contribution in [0.4, 0.5) is 0 Å². The van der Waals surface area contributed by atoms with Crippen molar-refractivity contribution in [2.75, 3.05) is 46.1 Å². The van der Waals surface area contributed by atoms with E-state index in [0.717, 1.165) is 76.8 Å². The molecule has 0 bridgehead atoms. The molecule has 2 aliphatic rings. The monoisotopic (exact) mass is 324 g/mol. The minimum Gasteiger partial charge on any atom is -0.377 e. The van der Waals surface area contributed by atoms with Gasteiger partial charge >= 0.3 is 0 Å². The number of morpholine rings is 1. The zero-order valence-corrected chi connectivity index (χ0v) is 14.0. The number of nitrogens with zero attached hydrogens (tertiary/aromatic N) is 3. The lowest BCUT2D eigenvalue weighted by molar-refractivity contribution is -0.0467. The van der Waals surface area contributed by atoms with Crippen molar-refractivity contribution in [2.45, 2.75) is 44.8 Å². The molecule has 130 valence electrons. The van der Waals surface area contributed by atoms with E-state index in [1.165, 1.54) is 0 Å². The number of aromatic amines is 1. The van der Waals surface area contributed by atoms with Crippen LogP contribution in [0.5, 0.6) is 0 Å². The summed E-state index contributed by atoms with van der Waals surface area (Å²) in [5.41, 5.74) is 0. The molecule has 0 aliphatic carbocycles. The van der Waals surface area contributed by atoms with Crippen LogP contribution in [0.25, 0.3) is 0 Å². The van der Waals surface area contributed by atoms with Crippen LogP contribution in [0.15, 0.2) is 0 Å². The molecule has 3 rings (SSSR count). The summed E-state index contributed by atoms with van der Waals surface area (Å²) in [4.78, 5) is 6.90. The van der Waals surface area contributed by atoms with Crippen LogP contribution < -0.4 is 0 Å². The number of H-pyrrole nitrogens is 1. The number of aryl methyl sites for hydroxylation is 1. The van der Waals surface area contributed by atoms with Crippen molar-refractivity contribution in [3.8, 4) is 0 Å². The Labute approximate surface area is 137 Å². The summed E-state index contributed by atoms with van der Waals surface area (Å²) in [5, 5.41) is 7.31. The predicted molar refractivity (Wildman–Crippen MR) is 85.3 cm³/mol. The second-order valence-electron chi connectivity index (χ2n) is 6.26. The molecule has 2 fully saturated rings. The van der Waals surface area contributed by atoms with Gasteiger partial charge in [0.1, 0.15) is 11.9 Å². The maximum Gasteiger partial charge on any atom is 0.180 e. The molecule has 2 saturated heterocycles. The number of aromatic nitrogens is 3. The molecule has 0 spiro atoms.